The summed E-state index contributed by atoms with van der Waals surface area (Å²) >= 11 is 0. The van der Waals surface area contributed by atoms with Gasteiger partial charge in [-0.1, -0.05) is 24.3 Å². The van der Waals surface area contributed by atoms with Gasteiger partial charge in [0, 0.05) is 86.5 Å². The Balaban J connectivity index is 0.774. The fraction of sp³-hybridized carbons (Fsp3) is 0.354. The molecule has 0 saturated carbocycles. The zero-order valence-electron chi connectivity index (χ0n) is 35.0. The number of piperazine rings is 1. The van der Waals surface area contributed by atoms with Gasteiger partial charge in [-0.2, -0.15) is 0 Å². The molecule has 0 spiro atoms. The van der Waals surface area contributed by atoms with E-state index >= 15 is 0 Å². The summed E-state index contributed by atoms with van der Waals surface area (Å²) < 4.78 is 23.8. The lowest BCUT2D eigenvalue weighted by Crippen LogP contribution is -2.44. The number of nitrogens with two attached hydrogens (primary N) is 1. The molecule has 3 N–H and O–H groups in total. The predicted molar refractivity (Wildman–Crippen MR) is 240 cm³/mol. The van der Waals surface area contributed by atoms with Crippen LogP contribution in [0.1, 0.15) is 65.4 Å². The van der Waals surface area contributed by atoms with E-state index in [1.807, 2.05) is 66.1 Å². The van der Waals surface area contributed by atoms with Gasteiger partial charge in [0.15, 0.2) is 29.2 Å². The summed E-state index contributed by atoms with van der Waals surface area (Å²) in [5, 5.41) is 11.5. The SMILES string of the molecule is COc1cc2c(cc1OCCCCCOc1cc3c(cc1OC)C(O)N1C=C(c4ccc(N)cc4)C[C@H]1C=N3)N=C[C@@H]1CC(c3ccc(N4CCN(C)CC4)cc3)=CN1C2=O. The second-order valence-electron chi connectivity index (χ2n) is 16.2. The van der Waals surface area contributed by atoms with E-state index in [1.54, 1.807) is 31.3 Å². The molecular formula is C48H53N7O6. The third kappa shape index (κ3) is 8.27. The molecule has 3 atom stereocenters. The van der Waals surface area contributed by atoms with Gasteiger partial charge in [0.25, 0.3) is 5.91 Å². The molecule has 0 aliphatic carbocycles. The Kier molecular flexibility index (Phi) is 11.4. The van der Waals surface area contributed by atoms with Gasteiger partial charge in [-0.3, -0.25) is 14.8 Å². The molecule has 1 amide bonds. The van der Waals surface area contributed by atoms with Crippen molar-refractivity contribution >= 4 is 52.2 Å². The Labute approximate surface area is 357 Å². The highest BCUT2D eigenvalue weighted by Gasteiger charge is 2.35. The van der Waals surface area contributed by atoms with Crippen LogP contribution in [0.4, 0.5) is 22.7 Å². The Morgan fingerprint density at radius 1 is 0.705 bits per heavy atom. The van der Waals surface area contributed by atoms with Gasteiger partial charge in [0.2, 0.25) is 0 Å². The van der Waals surface area contributed by atoms with Gasteiger partial charge in [0.1, 0.15) is 0 Å². The van der Waals surface area contributed by atoms with Crippen molar-refractivity contribution in [2.45, 2.75) is 50.4 Å². The number of methoxy groups -OCH3 is 2. The van der Waals surface area contributed by atoms with Crippen molar-refractivity contribution in [2.75, 3.05) is 71.3 Å². The zero-order chi connectivity index (χ0) is 42.0. The highest BCUT2D eigenvalue weighted by Crippen LogP contribution is 2.44. The number of carbonyl (C=O) groups is 1. The molecular weight excluding hydrogens is 771 g/mol. The van der Waals surface area contributed by atoms with Gasteiger partial charge in [0.05, 0.1) is 56.5 Å². The number of unbranched alkanes of at least 4 members (excludes halogenated alkanes) is 2. The molecule has 1 fully saturated rings. The zero-order valence-corrected chi connectivity index (χ0v) is 35.0. The summed E-state index contributed by atoms with van der Waals surface area (Å²) in [7, 11) is 5.35. The number of carbonyl (C=O) groups excluding carboxylic acids is 1. The first-order valence-corrected chi connectivity index (χ1v) is 21.1. The molecule has 9 rings (SSSR count). The molecule has 5 heterocycles. The number of aliphatic hydroxyl groups excluding tert-OH is 1. The number of likely N-dealkylation sites (N-methyl/N-ethyl adjacent to an activating group) is 1. The van der Waals surface area contributed by atoms with Crippen molar-refractivity contribution in [3.8, 4) is 23.0 Å². The third-order valence-electron chi connectivity index (χ3n) is 12.3. The first-order valence-electron chi connectivity index (χ1n) is 21.1. The van der Waals surface area contributed by atoms with Crippen LogP contribution >= 0.6 is 0 Å². The van der Waals surface area contributed by atoms with Crippen LogP contribution in [0.3, 0.4) is 0 Å². The number of aliphatic hydroxyl groups is 1. The number of nitrogens with zero attached hydrogens (tertiary/aromatic N) is 6. The summed E-state index contributed by atoms with van der Waals surface area (Å²) in [5.74, 6) is 2.05. The van der Waals surface area contributed by atoms with E-state index in [0.717, 1.165) is 74.1 Å². The molecule has 0 radical (unpaired) electrons. The number of hydrogen-bond donors (Lipinski definition) is 2. The quantitative estimate of drug-likeness (QED) is 0.103. The van der Waals surface area contributed by atoms with E-state index in [9.17, 15) is 9.90 Å². The number of fused-ring (bicyclic) bond motifs is 4. The third-order valence-corrected chi connectivity index (χ3v) is 12.3. The van der Waals surface area contributed by atoms with Crippen LogP contribution < -0.4 is 29.6 Å². The Morgan fingerprint density at radius 3 is 1.98 bits per heavy atom. The number of ether oxygens (including phenoxy) is 4. The fourth-order valence-corrected chi connectivity index (χ4v) is 8.68. The van der Waals surface area contributed by atoms with Crippen molar-refractivity contribution in [3.05, 3.63) is 107 Å². The first kappa shape index (κ1) is 40.1. The number of amides is 1. The number of nitrogen functional groups attached to an aromatic ring is 1. The lowest BCUT2D eigenvalue weighted by molar-refractivity contribution is 0.0336. The van der Waals surface area contributed by atoms with Crippen molar-refractivity contribution in [2.24, 2.45) is 9.98 Å². The van der Waals surface area contributed by atoms with Crippen LogP contribution in [-0.2, 0) is 0 Å². The maximum Gasteiger partial charge on any atom is 0.260 e. The van der Waals surface area contributed by atoms with E-state index in [4.69, 9.17) is 34.7 Å². The van der Waals surface area contributed by atoms with Gasteiger partial charge in [-0.05, 0) is 91.4 Å². The molecule has 5 aliphatic rings. The average Bonchev–Trinajstić information content (AvgIpc) is 3.86. The van der Waals surface area contributed by atoms with Crippen LogP contribution in [0.15, 0.2) is 95.2 Å². The molecule has 4 aromatic carbocycles. The van der Waals surface area contributed by atoms with Crippen molar-refractivity contribution < 1.29 is 28.8 Å². The molecule has 0 aromatic heterocycles. The Morgan fingerprint density at radius 2 is 1.30 bits per heavy atom. The largest absolute Gasteiger partial charge is 0.493 e. The second-order valence-corrected chi connectivity index (χ2v) is 16.2. The second kappa shape index (κ2) is 17.3. The first-order chi connectivity index (χ1) is 29.8. The van der Waals surface area contributed by atoms with Crippen LogP contribution in [0.25, 0.3) is 11.1 Å². The highest BCUT2D eigenvalue weighted by molar-refractivity contribution is 6.05. The van der Waals surface area contributed by atoms with Gasteiger partial charge < -0.3 is 49.4 Å². The topological polar surface area (TPSA) is 138 Å². The van der Waals surface area contributed by atoms with E-state index < -0.39 is 6.23 Å². The molecule has 4 aromatic rings. The minimum absolute atomic E-state index is 0.0840. The standard InChI is InChI=1S/C48H53N7O6/c1-52-15-17-53(18-16-52)36-13-9-32(10-14-36)34-22-38-28-51-42-26-46(44(59-3)24-40(42)48(57)55(38)30-34)61-20-6-4-5-19-60-45-25-41-39(23-43(45)58-2)47(56)54-29-33(21-37(54)27-50-41)31-7-11-35(49)12-8-31/h7-14,23-30,37-38,47,56H,4-6,15-22,49H2,1-3H3/t37-,38-,47?/m0/s1. The van der Waals surface area contributed by atoms with Crippen molar-refractivity contribution in [1.82, 2.24) is 14.7 Å². The highest BCUT2D eigenvalue weighted by atomic mass is 16.5. The lowest BCUT2D eigenvalue weighted by Gasteiger charge is -2.34. The number of rotatable bonds is 13. The maximum atomic E-state index is 13.9. The lowest BCUT2D eigenvalue weighted by atomic mass is 10.0. The fourth-order valence-electron chi connectivity index (χ4n) is 8.68. The number of benzene rings is 4. The van der Waals surface area contributed by atoms with Crippen LogP contribution in [0, 0.1) is 0 Å². The molecule has 13 heteroatoms. The molecule has 61 heavy (non-hydrogen) atoms. The number of aliphatic imine (C=N–C) groups is 2. The molecule has 0 bridgehead atoms. The van der Waals surface area contributed by atoms with Gasteiger partial charge in [-0.15, -0.1) is 0 Å². The van der Waals surface area contributed by atoms with Crippen molar-refractivity contribution in [1.29, 1.82) is 0 Å². The van der Waals surface area contributed by atoms with E-state index in [0.29, 0.717) is 70.8 Å². The van der Waals surface area contributed by atoms with Crippen LogP contribution in [0.2, 0.25) is 0 Å². The van der Waals surface area contributed by atoms with E-state index in [2.05, 4.69) is 41.1 Å². The normalized spacial score (nSPS) is 20.6. The van der Waals surface area contributed by atoms with Crippen molar-refractivity contribution in [3.63, 3.8) is 0 Å². The van der Waals surface area contributed by atoms with Crippen LogP contribution in [0.5, 0.6) is 23.0 Å². The average molecular weight is 824 g/mol. The summed E-state index contributed by atoms with van der Waals surface area (Å²) in [6.45, 7) is 5.11. The summed E-state index contributed by atoms with van der Waals surface area (Å²) in [5.41, 5.74) is 14.6. The monoisotopic (exact) mass is 823 g/mol. The number of anilines is 2. The van der Waals surface area contributed by atoms with E-state index in [-0.39, 0.29) is 18.0 Å². The molecule has 1 saturated heterocycles. The predicted octanol–water partition coefficient (Wildman–Crippen LogP) is 7.46. The summed E-state index contributed by atoms with van der Waals surface area (Å²) in [6, 6.07) is 23.4. The maximum absolute atomic E-state index is 13.9. The van der Waals surface area contributed by atoms with Crippen LogP contribution in [-0.4, -0.2) is 111 Å². The van der Waals surface area contributed by atoms with Gasteiger partial charge >= 0.3 is 0 Å². The number of hydrogen-bond acceptors (Lipinski definition) is 12. The minimum atomic E-state index is -0.897. The smallest absolute Gasteiger partial charge is 0.260 e. The molecule has 13 nitrogen and oxygen atoms in total. The molecule has 316 valence electrons. The van der Waals surface area contributed by atoms with Gasteiger partial charge in [-0.25, -0.2) is 0 Å². The minimum Gasteiger partial charge on any atom is -0.493 e. The molecule has 1 unspecified atom stereocenters. The Hall–Kier alpha value is -6.31. The molecule has 5 aliphatic heterocycles. The summed E-state index contributed by atoms with van der Waals surface area (Å²) in [4.78, 5) is 32.0. The Bertz CT molecular complexity index is 2390. The van der Waals surface area contributed by atoms with E-state index in [1.165, 1.54) is 5.69 Å². The summed E-state index contributed by atoms with van der Waals surface area (Å²) in [6.07, 6.45) is 10.7.